The van der Waals surface area contributed by atoms with E-state index in [2.05, 4.69) is 32.9 Å². The first-order chi connectivity index (χ1) is 7.45. The van der Waals surface area contributed by atoms with Crippen LogP contribution in [-0.2, 0) is 0 Å². The first kappa shape index (κ1) is 13.2. The zero-order valence-corrected chi connectivity index (χ0v) is 10.7. The lowest BCUT2D eigenvalue weighted by atomic mass is 9.86. The second-order valence-corrected chi connectivity index (χ2v) is 4.83. The van der Waals surface area contributed by atoms with Gasteiger partial charge >= 0.3 is 0 Å². The second kappa shape index (κ2) is 5.46. The van der Waals surface area contributed by atoms with E-state index < -0.39 is 0 Å². The Bertz CT molecular complexity index is 335. The van der Waals surface area contributed by atoms with Crippen molar-refractivity contribution < 1.29 is 5.11 Å². The SMILES string of the molecule is Cc1cc(C)c(C(CN)CC(C)O)c(C)c1. The molecule has 0 heterocycles. The highest BCUT2D eigenvalue weighted by Crippen LogP contribution is 2.27. The molecule has 3 N–H and O–H groups in total. The Morgan fingerprint density at radius 2 is 1.69 bits per heavy atom. The summed E-state index contributed by atoms with van der Waals surface area (Å²) in [6, 6.07) is 4.38. The van der Waals surface area contributed by atoms with Gasteiger partial charge in [0.25, 0.3) is 0 Å². The zero-order chi connectivity index (χ0) is 12.3. The summed E-state index contributed by atoms with van der Waals surface area (Å²) in [6.07, 6.45) is 0.440. The van der Waals surface area contributed by atoms with Gasteiger partial charge in [-0.15, -0.1) is 0 Å². The molecule has 0 fully saturated rings. The van der Waals surface area contributed by atoms with Crippen LogP contribution in [0.4, 0.5) is 0 Å². The van der Waals surface area contributed by atoms with Crippen LogP contribution in [0.3, 0.4) is 0 Å². The van der Waals surface area contributed by atoms with Crippen molar-refractivity contribution in [3.8, 4) is 0 Å². The van der Waals surface area contributed by atoms with E-state index in [4.69, 9.17) is 5.73 Å². The summed E-state index contributed by atoms with van der Waals surface area (Å²) in [4.78, 5) is 0. The maximum absolute atomic E-state index is 9.50. The summed E-state index contributed by atoms with van der Waals surface area (Å²) in [5.74, 6) is 0.264. The van der Waals surface area contributed by atoms with E-state index in [0.29, 0.717) is 6.54 Å². The number of hydrogen-bond donors (Lipinski definition) is 2. The third kappa shape index (κ3) is 3.06. The topological polar surface area (TPSA) is 46.2 Å². The summed E-state index contributed by atoms with van der Waals surface area (Å²) in [6.45, 7) is 8.77. The highest BCUT2D eigenvalue weighted by molar-refractivity contribution is 5.40. The normalized spacial score (nSPS) is 14.9. The number of aliphatic hydroxyl groups excluding tert-OH is 1. The van der Waals surface area contributed by atoms with E-state index in [-0.39, 0.29) is 12.0 Å². The molecule has 0 saturated heterocycles. The largest absolute Gasteiger partial charge is 0.393 e. The molecule has 0 aromatic heterocycles. The quantitative estimate of drug-likeness (QED) is 0.820. The lowest BCUT2D eigenvalue weighted by molar-refractivity contribution is 0.175. The highest BCUT2D eigenvalue weighted by Gasteiger charge is 2.17. The molecule has 0 saturated carbocycles. The molecule has 1 aromatic rings. The highest BCUT2D eigenvalue weighted by atomic mass is 16.3. The van der Waals surface area contributed by atoms with E-state index in [9.17, 15) is 5.11 Å². The van der Waals surface area contributed by atoms with E-state index in [1.807, 2.05) is 6.92 Å². The Labute approximate surface area is 98.5 Å². The van der Waals surface area contributed by atoms with E-state index in [1.54, 1.807) is 0 Å². The average molecular weight is 221 g/mol. The van der Waals surface area contributed by atoms with Crippen LogP contribution in [0, 0.1) is 20.8 Å². The third-order valence-electron chi connectivity index (χ3n) is 3.06. The second-order valence-electron chi connectivity index (χ2n) is 4.83. The van der Waals surface area contributed by atoms with Crippen LogP contribution >= 0.6 is 0 Å². The Hall–Kier alpha value is -0.860. The zero-order valence-electron chi connectivity index (χ0n) is 10.7. The van der Waals surface area contributed by atoms with Gasteiger partial charge < -0.3 is 10.8 Å². The molecule has 0 amide bonds. The third-order valence-corrected chi connectivity index (χ3v) is 3.06. The fourth-order valence-corrected chi connectivity index (χ4v) is 2.58. The van der Waals surface area contributed by atoms with Crippen LogP contribution in [0.15, 0.2) is 12.1 Å². The molecule has 0 aliphatic heterocycles. The van der Waals surface area contributed by atoms with Gasteiger partial charge in [0.1, 0.15) is 0 Å². The Morgan fingerprint density at radius 3 is 2.06 bits per heavy atom. The average Bonchev–Trinajstić information content (AvgIpc) is 2.13. The molecular weight excluding hydrogens is 198 g/mol. The van der Waals surface area contributed by atoms with E-state index >= 15 is 0 Å². The van der Waals surface area contributed by atoms with Gasteiger partial charge in [0, 0.05) is 0 Å². The molecule has 0 aliphatic carbocycles. The number of benzene rings is 1. The van der Waals surface area contributed by atoms with Gasteiger partial charge in [0.05, 0.1) is 6.10 Å². The van der Waals surface area contributed by atoms with Crippen molar-refractivity contribution >= 4 is 0 Å². The molecule has 0 bridgehead atoms. The molecule has 2 atom stereocenters. The molecule has 0 spiro atoms. The molecule has 2 nitrogen and oxygen atoms in total. The van der Waals surface area contributed by atoms with Crippen molar-refractivity contribution in [2.45, 2.75) is 46.1 Å². The lowest BCUT2D eigenvalue weighted by Gasteiger charge is -2.22. The predicted molar refractivity (Wildman–Crippen MR) is 68.7 cm³/mol. The molecule has 1 rings (SSSR count). The molecule has 16 heavy (non-hydrogen) atoms. The Kier molecular flexibility index (Phi) is 4.51. The van der Waals surface area contributed by atoms with Crippen LogP contribution in [0.25, 0.3) is 0 Å². The van der Waals surface area contributed by atoms with Gasteiger partial charge in [-0.3, -0.25) is 0 Å². The lowest BCUT2D eigenvalue weighted by Crippen LogP contribution is -2.19. The van der Waals surface area contributed by atoms with Crippen molar-refractivity contribution in [2.24, 2.45) is 5.73 Å². The number of rotatable bonds is 4. The number of aryl methyl sites for hydroxylation is 3. The molecule has 2 heteroatoms. The van der Waals surface area contributed by atoms with Crippen LogP contribution in [0.1, 0.15) is 41.5 Å². The van der Waals surface area contributed by atoms with Crippen LogP contribution in [0.2, 0.25) is 0 Å². The van der Waals surface area contributed by atoms with Gasteiger partial charge in [-0.05, 0) is 63.3 Å². The summed E-state index contributed by atoms with van der Waals surface area (Å²) in [5.41, 5.74) is 11.0. The summed E-state index contributed by atoms with van der Waals surface area (Å²) in [5, 5.41) is 9.50. The minimum absolute atomic E-state index is 0.264. The van der Waals surface area contributed by atoms with Crippen LogP contribution in [-0.4, -0.2) is 17.8 Å². The maximum Gasteiger partial charge on any atom is 0.0518 e. The van der Waals surface area contributed by atoms with Crippen molar-refractivity contribution in [3.05, 3.63) is 34.4 Å². The van der Waals surface area contributed by atoms with Gasteiger partial charge in [-0.1, -0.05) is 17.7 Å². The first-order valence-electron chi connectivity index (χ1n) is 5.91. The van der Waals surface area contributed by atoms with Gasteiger partial charge in [0.15, 0.2) is 0 Å². The minimum Gasteiger partial charge on any atom is -0.393 e. The van der Waals surface area contributed by atoms with Crippen LogP contribution in [0.5, 0.6) is 0 Å². The predicted octanol–water partition coefficient (Wildman–Crippen LogP) is 2.43. The molecule has 0 radical (unpaired) electrons. The standard InChI is InChI=1S/C14H23NO/c1-9-5-10(2)14(11(3)6-9)13(8-15)7-12(4)16/h5-6,12-13,16H,7-8,15H2,1-4H3. The van der Waals surface area contributed by atoms with Crippen molar-refractivity contribution in [1.29, 1.82) is 0 Å². The number of aliphatic hydroxyl groups is 1. The molecule has 2 unspecified atom stereocenters. The van der Waals surface area contributed by atoms with E-state index in [1.165, 1.54) is 22.3 Å². The van der Waals surface area contributed by atoms with Crippen molar-refractivity contribution in [2.75, 3.05) is 6.54 Å². The molecule has 1 aromatic carbocycles. The van der Waals surface area contributed by atoms with Gasteiger partial charge in [-0.2, -0.15) is 0 Å². The number of nitrogens with two attached hydrogens (primary N) is 1. The molecule has 0 aliphatic rings. The number of hydrogen-bond acceptors (Lipinski definition) is 2. The monoisotopic (exact) mass is 221 g/mol. The fraction of sp³-hybridized carbons (Fsp3) is 0.571. The minimum atomic E-state index is -0.298. The maximum atomic E-state index is 9.50. The smallest absolute Gasteiger partial charge is 0.0518 e. The van der Waals surface area contributed by atoms with Crippen molar-refractivity contribution in [1.82, 2.24) is 0 Å². The molecule has 90 valence electrons. The van der Waals surface area contributed by atoms with Gasteiger partial charge in [0.2, 0.25) is 0 Å². The van der Waals surface area contributed by atoms with E-state index in [0.717, 1.165) is 6.42 Å². The summed E-state index contributed by atoms with van der Waals surface area (Å²) in [7, 11) is 0. The summed E-state index contributed by atoms with van der Waals surface area (Å²) < 4.78 is 0. The fourth-order valence-electron chi connectivity index (χ4n) is 2.58. The van der Waals surface area contributed by atoms with Gasteiger partial charge in [-0.25, -0.2) is 0 Å². The Morgan fingerprint density at radius 1 is 1.19 bits per heavy atom. The van der Waals surface area contributed by atoms with Crippen molar-refractivity contribution in [3.63, 3.8) is 0 Å². The Balaban J connectivity index is 3.09. The molecular formula is C14H23NO. The van der Waals surface area contributed by atoms with Crippen LogP contribution < -0.4 is 5.73 Å². The first-order valence-corrected chi connectivity index (χ1v) is 5.91. The summed E-state index contributed by atoms with van der Waals surface area (Å²) >= 11 is 0.